The molecule has 0 aliphatic carbocycles. The summed E-state index contributed by atoms with van der Waals surface area (Å²) in [4.78, 5) is 19.4. The third-order valence-electron chi connectivity index (χ3n) is 6.15. The predicted molar refractivity (Wildman–Crippen MR) is 132 cm³/mol. The number of halogens is 1. The number of aliphatic hydroxyl groups is 1. The van der Waals surface area contributed by atoms with Gasteiger partial charge in [-0.15, -0.1) is 0 Å². The Morgan fingerprint density at radius 2 is 1.88 bits per heavy atom. The summed E-state index contributed by atoms with van der Waals surface area (Å²) in [5.74, 6) is 0.582. The third-order valence-corrected chi connectivity index (χ3v) is 6.45. The number of carbonyl (C=O) groups excluding carboxylic acids is 1. The highest BCUT2D eigenvalue weighted by molar-refractivity contribution is 6.32. The molecule has 7 nitrogen and oxygen atoms in total. The van der Waals surface area contributed by atoms with Crippen LogP contribution < -0.4 is 10.1 Å². The minimum absolute atomic E-state index is 0.0687. The van der Waals surface area contributed by atoms with E-state index in [0.29, 0.717) is 27.6 Å². The number of pyridine rings is 1. The Balaban J connectivity index is 1.43. The van der Waals surface area contributed by atoms with E-state index in [4.69, 9.17) is 21.3 Å². The van der Waals surface area contributed by atoms with Gasteiger partial charge in [0.2, 0.25) is 0 Å². The lowest BCUT2D eigenvalue weighted by atomic mass is 10.0. The van der Waals surface area contributed by atoms with E-state index < -0.39 is 0 Å². The van der Waals surface area contributed by atoms with E-state index in [-0.39, 0.29) is 12.5 Å². The lowest BCUT2D eigenvalue weighted by Crippen LogP contribution is -2.46. The van der Waals surface area contributed by atoms with Crippen molar-refractivity contribution in [2.75, 3.05) is 33.3 Å². The fourth-order valence-electron chi connectivity index (χ4n) is 4.27. The minimum atomic E-state index is -0.152. The van der Waals surface area contributed by atoms with Crippen LogP contribution >= 0.6 is 11.6 Å². The number of rotatable bonds is 5. The first-order chi connectivity index (χ1) is 16.6. The Labute approximate surface area is 202 Å². The van der Waals surface area contributed by atoms with Crippen molar-refractivity contribution in [1.82, 2.24) is 19.6 Å². The van der Waals surface area contributed by atoms with Crippen molar-refractivity contribution in [3.63, 3.8) is 0 Å². The average Bonchev–Trinajstić information content (AvgIpc) is 3.32. The number of hydrogen-bond donors (Lipinski definition) is 2. The monoisotopic (exact) mass is 476 g/mol. The number of aromatic nitrogens is 2. The molecule has 2 N–H and O–H groups in total. The lowest BCUT2D eigenvalue weighted by Gasteiger charge is -2.27. The van der Waals surface area contributed by atoms with Gasteiger partial charge in [-0.1, -0.05) is 23.7 Å². The Bertz CT molecular complexity index is 1340. The highest BCUT2D eigenvalue weighted by Gasteiger charge is 2.18. The first kappa shape index (κ1) is 22.4. The van der Waals surface area contributed by atoms with Crippen LogP contribution in [0, 0.1) is 0 Å². The van der Waals surface area contributed by atoms with Crippen molar-refractivity contribution in [3.8, 4) is 28.1 Å². The number of carbonyl (C=O) groups is 1. The molecule has 34 heavy (non-hydrogen) atoms. The molecule has 2 aromatic carbocycles. The van der Waals surface area contributed by atoms with Gasteiger partial charge in [0.1, 0.15) is 11.4 Å². The van der Waals surface area contributed by atoms with Gasteiger partial charge < -0.3 is 24.5 Å². The molecule has 1 aliphatic heterocycles. The van der Waals surface area contributed by atoms with Crippen LogP contribution in [0.25, 0.3) is 28.0 Å². The molecule has 0 radical (unpaired) electrons. The number of fused-ring (bicyclic) bond motifs is 1. The molecule has 3 heterocycles. The smallest absolute Gasteiger partial charge is 0.253 e. The highest BCUT2D eigenvalue weighted by atomic mass is 35.5. The summed E-state index contributed by atoms with van der Waals surface area (Å²) in [7, 11) is 1.54. The molecule has 1 amide bonds. The fourth-order valence-corrected chi connectivity index (χ4v) is 4.51. The number of nitrogens with zero attached hydrogens (tertiary/aromatic N) is 3. The number of hydrogen-bond acceptors (Lipinski definition) is 5. The number of imidazole rings is 1. The van der Waals surface area contributed by atoms with E-state index in [1.807, 2.05) is 58.1 Å². The molecule has 0 unspecified atom stereocenters. The quantitative estimate of drug-likeness (QED) is 0.457. The lowest BCUT2D eigenvalue weighted by molar-refractivity contribution is 0.0736. The fraction of sp³-hybridized carbons (Fsp3) is 0.231. The number of benzene rings is 2. The minimum Gasteiger partial charge on any atom is -0.495 e. The molecule has 8 heteroatoms. The first-order valence-corrected chi connectivity index (χ1v) is 11.5. The van der Waals surface area contributed by atoms with Crippen molar-refractivity contribution in [3.05, 3.63) is 77.1 Å². The molecule has 4 aromatic rings. The van der Waals surface area contributed by atoms with Gasteiger partial charge in [-0.25, -0.2) is 4.98 Å². The van der Waals surface area contributed by atoms with E-state index in [1.165, 1.54) is 0 Å². The molecule has 1 fully saturated rings. The van der Waals surface area contributed by atoms with E-state index in [1.54, 1.807) is 19.2 Å². The third kappa shape index (κ3) is 4.25. The van der Waals surface area contributed by atoms with Gasteiger partial charge in [0.15, 0.2) is 0 Å². The molecule has 0 atom stereocenters. The number of nitrogens with one attached hydrogen (secondary N) is 1. The van der Waals surface area contributed by atoms with Gasteiger partial charge in [0.25, 0.3) is 5.91 Å². The Hall–Kier alpha value is -3.39. The van der Waals surface area contributed by atoms with Gasteiger partial charge >= 0.3 is 0 Å². The topological polar surface area (TPSA) is 79.1 Å². The molecular formula is C26H25ClN4O3. The van der Waals surface area contributed by atoms with Gasteiger partial charge in [-0.3, -0.25) is 4.79 Å². The zero-order chi connectivity index (χ0) is 23.7. The van der Waals surface area contributed by atoms with Crippen LogP contribution in [0.2, 0.25) is 5.02 Å². The van der Waals surface area contributed by atoms with Crippen LogP contribution in [0.1, 0.15) is 15.9 Å². The van der Waals surface area contributed by atoms with Gasteiger partial charge in [-0.2, -0.15) is 0 Å². The van der Waals surface area contributed by atoms with Crippen molar-refractivity contribution < 1.29 is 14.6 Å². The largest absolute Gasteiger partial charge is 0.495 e. The van der Waals surface area contributed by atoms with E-state index >= 15 is 0 Å². The maximum atomic E-state index is 12.7. The molecule has 0 saturated carbocycles. The molecule has 1 aliphatic rings. The molecule has 2 aromatic heterocycles. The molecular weight excluding hydrogens is 452 g/mol. The summed E-state index contributed by atoms with van der Waals surface area (Å²) >= 11 is 6.33. The van der Waals surface area contributed by atoms with Crippen LogP contribution in [0.5, 0.6) is 5.75 Å². The van der Waals surface area contributed by atoms with Crippen LogP contribution in [0.15, 0.2) is 60.9 Å². The Morgan fingerprint density at radius 1 is 1.12 bits per heavy atom. The molecule has 174 valence electrons. The second kappa shape index (κ2) is 9.46. The van der Waals surface area contributed by atoms with Crippen LogP contribution in [0.4, 0.5) is 0 Å². The van der Waals surface area contributed by atoms with Crippen LogP contribution in [-0.4, -0.2) is 58.6 Å². The standard InChI is InChI=1S/C26H25ClN4O3/c1-34-24-12-20(16-32)21(14-22(24)27)23-15-31-9-6-19(13-25(31)29-23)17-2-4-18(5-3-17)26(33)30-10-7-28-8-11-30/h2-6,9,12-15,28,32H,7-8,10-11,16H2,1H3. The van der Waals surface area contributed by atoms with Gasteiger partial charge in [0, 0.05) is 49.7 Å². The van der Waals surface area contributed by atoms with Crippen LogP contribution in [0.3, 0.4) is 0 Å². The maximum absolute atomic E-state index is 12.7. The Kier molecular flexibility index (Phi) is 6.24. The zero-order valence-electron chi connectivity index (χ0n) is 18.8. The normalized spacial score (nSPS) is 13.9. The zero-order valence-corrected chi connectivity index (χ0v) is 19.5. The summed E-state index contributed by atoms with van der Waals surface area (Å²) in [6, 6.07) is 15.2. The van der Waals surface area contributed by atoms with Gasteiger partial charge in [0.05, 0.1) is 24.4 Å². The highest BCUT2D eigenvalue weighted by Crippen LogP contribution is 2.34. The number of aliphatic hydroxyl groups excluding tert-OH is 1. The molecule has 5 rings (SSSR count). The number of ether oxygens (including phenoxy) is 1. The maximum Gasteiger partial charge on any atom is 0.253 e. The van der Waals surface area contributed by atoms with E-state index in [9.17, 15) is 9.90 Å². The summed E-state index contributed by atoms with van der Waals surface area (Å²) in [6.45, 7) is 2.98. The van der Waals surface area contributed by atoms with Gasteiger partial charge in [-0.05, 0) is 53.1 Å². The average molecular weight is 477 g/mol. The number of methoxy groups -OCH3 is 1. The molecule has 0 bridgehead atoms. The van der Waals surface area contributed by atoms with E-state index in [0.717, 1.165) is 48.5 Å². The van der Waals surface area contributed by atoms with Crippen LogP contribution in [-0.2, 0) is 6.61 Å². The summed E-state index contributed by atoms with van der Waals surface area (Å²) in [5.41, 5.74) is 5.63. The SMILES string of the molecule is COc1cc(CO)c(-c2cn3ccc(-c4ccc(C(=O)N5CCNCC5)cc4)cc3n2)cc1Cl. The van der Waals surface area contributed by atoms with Crippen molar-refractivity contribution in [2.45, 2.75) is 6.61 Å². The molecule has 1 saturated heterocycles. The number of amides is 1. The first-order valence-electron chi connectivity index (χ1n) is 11.1. The van der Waals surface area contributed by atoms with Crippen molar-refractivity contribution in [2.24, 2.45) is 0 Å². The summed E-state index contributed by atoms with van der Waals surface area (Å²) in [6.07, 6.45) is 3.86. The number of piperazine rings is 1. The predicted octanol–water partition coefficient (Wildman–Crippen LogP) is 3.87. The second-order valence-corrected chi connectivity index (χ2v) is 8.64. The summed E-state index contributed by atoms with van der Waals surface area (Å²) in [5, 5.41) is 13.6. The second-order valence-electron chi connectivity index (χ2n) is 8.23. The van der Waals surface area contributed by atoms with E-state index in [2.05, 4.69) is 5.32 Å². The summed E-state index contributed by atoms with van der Waals surface area (Å²) < 4.78 is 7.20. The molecule has 0 spiro atoms. The van der Waals surface area contributed by atoms with Crippen molar-refractivity contribution in [1.29, 1.82) is 0 Å². The Morgan fingerprint density at radius 3 is 2.59 bits per heavy atom. The van der Waals surface area contributed by atoms with Crippen molar-refractivity contribution >= 4 is 23.2 Å².